The van der Waals surface area contributed by atoms with E-state index in [1.165, 1.54) is 5.01 Å². The van der Waals surface area contributed by atoms with Gasteiger partial charge in [0.1, 0.15) is 0 Å². The first kappa shape index (κ1) is 14.9. The van der Waals surface area contributed by atoms with Crippen LogP contribution >= 0.6 is 0 Å². The number of nitrogens with one attached hydrogen (secondary N) is 2. The first-order valence-corrected chi connectivity index (χ1v) is 6.05. The van der Waals surface area contributed by atoms with Crippen LogP contribution in [-0.4, -0.2) is 41.8 Å². The molecular weight excluding hydrogens is 248 g/mol. The van der Waals surface area contributed by atoms with E-state index in [0.29, 0.717) is 48.4 Å². The Kier molecular flexibility index (Phi) is 5.23. The molecule has 7 heteroatoms. The van der Waals surface area contributed by atoms with Crippen molar-refractivity contribution in [1.82, 2.24) is 15.3 Å². The molecule has 0 aliphatic heterocycles. The lowest BCUT2D eigenvalue weighted by Crippen LogP contribution is -2.32. The molecule has 1 amide bonds. The highest BCUT2D eigenvalue weighted by atomic mass is 16.3. The van der Waals surface area contributed by atoms with Crippen LogP contribution in [-0.2, 0) is 0 Å². The number of carbonyl (C=O) groups excluding carboxylic acids is 2. The molecule has 0 fully saturated rings. The molecule has 0 bridgehead atoms. The van der Waals surface area contributed by atoms with E-state index in [-0.39, 0.29) is 5.91 Å². The zero-order valence-electron chi connectivity index (χ0n) is 11.3. The topological polar surface area (TPSA) is 94.6 Å². The van der Waals surface area contributed by atoms with Gasteiger partial charge in [-0.2, -0.15) is 0 Å². The van der Waals surface area contributed by atoms with Gasteiger partial charge in [-0.05, 0) is 26.3 Å². The number of hydrogen-bond donors (Lipinski definition) is 2. The van der Waals surface area contributed by atoms with Crippen LogP contribution in [0, 0.1) is 18.8 Å². The van der Waals surface area contributed by atoms with E-state index in [9.17, 15) is 14.5 Å². The van der Waals surface area contributed by atoms with Gasteiger partial charge in [0.05, 0.1) is 23.1 Å². The number of amides is 1. The molecule has 0 aliphatic carbocycles. The number of rotatable bonds is 7. The van der Waals surface area contributed by atoms with E-state index in [2.05, 4.69) is 15.6 Å². The fourth-order valence-corrected chi connectivity index (χ4v) is 1.88. The summed E-state index contributed by atoms with van der Waals surface area (Å²) >= 11 is 0. The summed E-state index contributed by atoms with van der Waals surface area (Å²) in [4.78, 5) is 36.0. The second-order valence-electron chi connectivity index (χ2n) is 4.17. The van der Waals surface area contributed by atoms with E-state index in [4.69, 9.17) is 0 Å². The molecule has 0 spiro atoms. The average molecular weight is 266 g/mol. The summed E-state index contributed by atoms with van der Waals surface area (Å²) in [5, 5.41) is 6.82. The Balaban J connectivity index is 2.66. The number of aromatic amines is 1. The van der Waals surface area contributed by atoms with Crippen molar-refractivity contribution >= 4 is 12.2 Å². The van der Waals surface area contributed by atoms with Crippen LogP contribution in [0.4, 0.5) is 0 Å². The molecule has 0 saturated carbocycles. The predicted molar refractivity (Wildman–Crippen MR) is 71.0 cm³/mol. The van der Waals surface area contributed by atoms with Crippen molar-refractivity contribution in [2.24, 2.45) is 5.29 Å². The van der Waals surface area contributed by atoms with Gasteiger partial charge in [0, 0.05) is 18.8 Å². The summed E-state index contributed by atoms with van der Waals surface area (Å²) in [5.74, 6) is -0.263. The second kappa shape index (κ2) is 6.67. The molecule has 0 aromatic carbocycles. The van der Waals surface area contributed by atoms with Gasteiger partial charge in [-0.15, -0.1) is 4.91 Å². The zero-order valence-corrected chi connectivity index (χ0v) is 11.3. The Labute approximate surface area is 111 Å². The first-order valence-electron chi connectivity index (χ1n) is 6.05. The minimum Gasteiger partial charge on any atom is -0.356 e. The van der Waals surface area contributed by atoms with Crippen molar-refractivity contribution in [1.29, 1.82) is 0 Å². The summed E-state index contributed by atoms with van der Waals surface area (Å²) in [6.07, 6.45) is 0.689. The Morgan fingerprint density at radius 3 is 2.63 bits per heavy atom. The summed E-state index contributed by atoms with van der Waals surface area (Å²) in [5.41, 5.74) is 2.17. The lowest BCUT2D eigenvalue weighted by atomic mass is 10.1. The number of nitrogens with zero attached hydrogens (tertiary/aromatic N) is 2. The maximum absolute atomic E-state index is 12.0. The van der Waals surface area contributed by atoms with Crippen molar-refractivity contribution in [3.63, 3.8) is 0 Å². The Hall–Kier alpha value is -2.18. The van der Waals surface area contributed by atoms with Gasteiger partial charge in [0.2, 0.25) is 0 Å². The van der Waals surface area contributed by atoms with Crippen molar-refractivity contribution < 1.29 is 9.59 Å². The number of likely N-dealkylation sites (N-methyl/N-ethyl adjacent to an activating group) is 1. The normalized spacial score (nSPS) is 10.1. The SMILES string of the molecule is CCN(CCNC(=O)c1c(C)[nH]c(C=O)c1C)N=O. The number of aromatic nitrogens is 1. The third-order valence-corrected chi connectivity index (χ3v) is 2.96. The van der Waals surface area contributed by atoms with E-state index in [0.717, 1.165) is 0 Å². The Bertz CT molecular complexity index is 482. The highest BCUT2D eigenvalue weighted by molar-refractivity contribution is 5.99. The zero-order chi connectivity index (χ0) is 14.4. The van der Waals surface area contributed by atoms with E-state index < -0.39 is 0 Å². The fourth-order valence-electron chi connectivity index (χ4n) is 1.88. The maximum atomic E-state index is 12.0. The monoisotopic (exact) mass is 266 g/mol. The molecule has 0 unspecified atom stereocenters. The van der Waals surface area contributed by atoms with Crippen LogP contribution in [0.3, 0.4) is 0 Å². The molecule has 1 rings (SSSR count). The van der Waals surface area contributed by atoms with Crippen LogP contribution in [0.25, 0.3) is 0 Å². The highest BCUT2D eigenvalue weighted by Gasteiger charge is 2.17. The molecule has 7 nitrogen and oxygen atoms in total. The first-order chi connectivity index (χ1) is 9.04. The number of aryl methyl sites for hydroxylation is 1. The smallest absolute Gasteiger partial charge is 0.253 e. The van der Waals surface area contributed by atoms with Gasteiger partial charge in [0.15, 0.2) is 6.29 Å². The summed E-state index contributed by atoms with van der Waals surface area (Å²) in [7, 11) is 0. The molecule has 0 radical (unpaired) electrons. The van der Waals surface area contributed by atoms with Crippen molar-refractivity contribution in [3.05, 3.63) is 27.4 Å². The second-order valence-corrected chi connectivity index (χ2v) is 4.17. The summed E-state index contributed by atoms with van der Waals surface area (Å²) in [6.45, 7) is 6.43. The van der Waals surface area contributed by atoms with E-state index >= 15 is 0 Å². The Morgan fingerprint density at radius 1 is 1.47 bits per heavy atom. The molecule has 0 atom stereocenters. The predicted octanol–water partition coefficient (Wildman–Crippen LogP) is 1.18. The van der Waals surface area contributed by atoms with E-state index in [1.807, 2.05) is 0 Å². The maximum Gasteiger partial charge on any atom is 0.253 e. The summed E-state index contributed by atoms with van der Waals surface area (Å²) in [6, 6.07) is 0. The number of nitroso groups, excluding NO2 is 1. The van der Waals surface area contributed by atoms with Crippen LogP contribution in [0.1, 0.15) is 39.0 Å². The molecule has 1 heterocycles. The number of aldehydes is 1. The quantitative estimate of drug-likeness (QED) is 0.440. The highest BCUT2D eigenvalue weighted by Crippen LogP contribution is 2.16. The lowest BCUT2D eigenvalue weighted by molar-refractivity contribution is 0.0947. The molecular formula is C12H18N4O3. The third-order valence-electron chi connectivity index (χ3n) is 2.96. The number of H-pyrrole nitrogens is 1. The van der Waals surface area contributed by atoms with Gasteiger partial charge in [-0.25, -0.2) is 0 Å². The van der Waals surface area contributed by atoms with Gasteiger partial charge in [0.25, 0.3) is 5.91 Å². The minimum atomic E-state index is -0.263. The lowest BCUT2D eigenvalue weighted by Gasteiger charge is -2.12. The average Bonchev–Trinajstić information content (AvgIpc) is 2.69. The molecule has 104 valence electrons. The minimum absolute atomic E-state index is 0.263. The Morgan fingerprint density at radius 2 is 2.16 bits per heavy atom. The van der Waals surface area contributed by atoms with Crippen LogP contribution < -0.4 is 5.32 Å². The van der Waals surface area contributed by atoms with Gasteiger partial charge >= 0.3 is 0 Å². The standard InChI is InChI=1S/C12H18N4O3/c1-4-16(15-19)6-5-13-12(18)11-8(2)10(7-17)14-9(11)3/h7,14H,4-6H2,1-3H3,(H,13,18). The molecule has 1 aromatic rings. The van der Waals surface area contributed by atoms with Gasteiger partial charge in [-0.1, -0.05) is 0 Å². The number of hydrogen-bond acceptors (Lipinski definition) is 4. The molecule has 19 heavy (non-hydrogen) atoms. The van der Waals surface area contributed by atoms with Crippen molar-refractivity contribution in [2.75, 3.05) is 19.6 Å². The van der Waals surface area contributed by atoms with Crippen molar-refractivity contribution in [2.45, 2.75) is 20.8 Å². The molecule has 1 aromatic heterocycles. The molecule has 0 saturated heterocycles. The fraction of sp³-hybridized carbons (Fsp3) is 0.500. The summed E-state index contributed by atoms with van der Waals surface area (Å²) < 4.78 is 0. The molecule has 2 N–H and O–H groups in total. The van der Waals surface area contributed by atoms with Gasteiger partial charge < -0.3 is 10.3 Å². The van der Waals surface area contributed by atoms with Crippen LogP contribution in [0.5, 0.6) is 0 Å². The van der Waals surface area contributed by atoms with Crippen molar-refractivity contribution in [3.8, 4) is 0 Å². The number of carbonyl (C=O) groups is 2. The van der Waals surface area contributed by atoms with Crippen LogP contribution in [0.15, 0.2) is 5.29 Å². The third kappa shape index (κ3) is 3.40. The van der Waals surface area contributed by atoms with E-state index in [1.54, 1.807) is 20.8 Å². The van der Waals surface area contributed by atoms with Gasteiger partial charge in [-0.3, -0.25) is 14.6 Å². The largest absolute Gasteiger partial charge is 0.356 e. The molecule has 0 aliphatic rings. The van der Waals surface area contributed by atoms with Crippen LogP contribution in [0.2, 0.25) is 0 Å².